The van der Waals surface area contributed by atoms with Crippen molar-refractivity contribution >= 4 is 22.4 Å². The van der Waals surface area contributed by atoms with Crippen molar-refractivity contribution in [3.05, 3.63) is 5.01 Å². The van der Waals surface area contributed by atoms with Crippen LogP contribution in [0.15, 0.2) is 0 Å². The summed E-state index contributed by atoms with van der Waals surface area (Å²) in [5.74, 6) is -0.000741. The minimum Gasteiger partial charge on any atom is -0.374 e. The second kappa shape index (κ2) is 5.42. The van der Waals surface area contributed by atoms with Crippen molar-refractivity contribution in [3.63, 3.8) is 0 Å². The van der Waals surface area contributed by atoms with Crippen LogP contribution in [-0.4, -0.2) is 53.3 Å². The molecule has 3 rings (SSSR count). The first-order valence-corrected chi connectivity index (χ1v) is 7.55. The highest BCUT2D eigenvalue weighted by Crippen LogP contribution is 2.30. The molecule has 1 aliphatic heterocycles. The van der Waals surface area contributed by atoms with Crippen LogP contribution in [-0.2, 0) is 4.74 Å². The number of nitrogens with one attached hydrogen (secondary N) is 1. The Bertz CT molecular complexity index is 462. The van der Waals surface area contributed by atoms with E-state index < -0.39 is 0 Å². The summed E-state index contributed by atoms with van der Waals surface area (Å²) in [4.78, 5) is 14.5. The molecule has 2 aliphatic rings. The second-order valence-corrected chi connectivity index (χ2v) is 5.90. The molecule has 19 heavy (non-hydrogen) atoms. The normalized spacial score (nSPS) is 26.9. The Morgan fingerprint density at radius 1 is 1.42 bits per heavy atom. The summed E-state index contributed by atoms with van der Waals surface area (Å²) in [5.41, 5.74) is 0. The highest BCUT2D eigenvalue weighted by Gasteiger charge is 2.37. The maximum Gasteiger partial charge on any atom is 0.285 e. The van der Waals surface area contributed by atoms with Crippen LogP contribution in [0.1, 0.15) is 35.5 Å². The lowest BCUT2D eigenvalue weighted by Crippen LogP contribution is -2.54. The number of ether oxygens (including phenoxy) is 1. The van der Waals surface area contributed by atoms with Crippen molar-refractivity contribution in [3.8, 4) is 0 Å². The van der Waals surface area contributed by atoms with Crippen molar-refractivity contribution in [1.82, 2.24) is 15.1 Å². The van der Waals surface area contributed by atoms with E-state index in [2.05, 4.69) is 15.5 Å². The van der Waals surface area contributed by atoms with Crippen LogP contribution in [0.25, 0.3) is 0 Å². The van der Waals surface area contributed by atoms with E-state index in [0.29, 0.717) is 23.3 Å². The molecule has 2 atom stereocenters. The number of hydrogen-bond donors (Lipinski definition) is 1. The van der Waals surface area contributed by atoms with Gasteiger partial charge in [0.25, 0.3) is 5.91 Å². The molecular weight excluding hydrogens is 264 g/mol. The predicted octanol–water partition coefficient (Wildman–Crippen LogP) is 1.36. The van der Waals surface area contributed by atoms with Crippen molar-refractivity contribution in [2.75, 3.05) is 25.5 Å². The van der Waals surface area contributed by atoms with Gasteiger partial charge in [0, 0.05) is 13.6 Å². The summed E-state index contributed by atoms with van der Waals surface area (Å²) >= 11 is 1.31. The lowest BCUT2D eigenvalue weighted by Gasteiger charge is -2.43. The van der Waals surface area contributed by atoms with Crippen molar-refractivity contribution in [2.24, 2.45) is 0 Å². The minimum atomic E-state index is -0.000741. The zero-order valence-electron chi connectivity index (χ0n) is 11.0. The Hall–Kier alpha value is -1.21. The molecule has 1 aliphatic carbocycles. The number of morpholine rings is 1. The van der Waals surface area contributed by atoms with E-state index in [-0.39, 0.29) is 18.1 Å². The zero-order valence-corrected chi connectivity index (χ0v) is 11.8. The molecule has 1 saturated heterocycles. The number of hydrogen-bond acceptors (Lipinski definition) is 6. The van der Waals surface area contributed by atoms with E-state index in [1.165, 1.54) is 24.2 Å². The number of fused-ring (bicyclic) bond motifs is 1. The van der Waals surface area contributed by atoms with Gasteiger partial charge in [0.15, 0.2) is 0 Å². The summed E-state index contributed by atoms with van der Waals surface area (Å²) in [6.45, 7) is 1.29. The summed E-state index contributed by atoms with van der Waals surface area (Å²) in [7, 11) is 1.78. The zero-order chi connectivity index (χ0) is 13.2. The van der Waals surface area contributed by atoms with Gasteiger partial charge in [0.2, 0.25) is 10.1 Å². The van der Waals surface area contributed by atoms with E-state index in [4.69, 9.17) is 4.74 Å². The fraction of sp³-hybridized carbons (Fsp3) is 0.750. The standard InChI is InChI=1S/C12H18N4O2S/c1-13-12-15-14-10(19-12)11(17)16-6-7-18-9-5-3-2-4-8(9)16/h8-9H,2-7H2,1H3,(H,13,15). The summed E-state index contributed by atoms with van der Waals surface area (Å²) in [6.07, 6.45) is 4.68. The van der Waals surface area contributed by atoms with Crippen LogP contribution in [0.4, 0.5) is 5.13 Å². The lowest BCUT2D eigenvalue weighted by molar-refractivity contribution is -0.0753. The molecule has 0 radical (unpaired) electrons. The van der Waals surface area contributed by atoms with Gasteiger partial charge in [-0.3, -0.25) is 4.79 Å². The Labute approximate surface area is 116 Å². The molecule has 0 bridgehead atoms. The van der Waals surface area contributed by atoms with Gasteiger partial charge >= 0.3 is 0 Å². The van der Waals surface area contributed by atoms with Crippen LogP contribution >= 0.6 is 11.3 Å². The SMILES string of the molecule is CNc1nnc(C(=O)N2CCOC3CCCCC32)s1. The average Bonchev–Trinajstić information content (AvgIpc) is 2.95. The molecule has 104 valence electrons. The fourth-order valence-electron chi connectivity index (χ4n) is 2.88. The van der Waals surface area contributed by atoms with Gasteiger partial charge in [-0.15, -0.1) is 10.2 Å². The Morgan fingerprint density at radius 2 is 2.26 bits per heavy atom. The first kappa shape index (κ1) is 12.8. The smallest absolute Gasteiger partial charge is 0.285 e. The van der Waals surface area contributed by atoms with Crippen molar-refractivity contribution in [1.29, 1.82) is 0 Å². The molecule has 1 N–H and O–H groups in total. The van der Waals surface area contributed by atoms with Crippen molar-refractivity contribution in [2.45, 2.75) is 37.8 Å². The first-order chi connectivity index (χ1) is 9.29. The van der Waals surface area contributed by atoms with Gasteiger partial charge in [-0.1, -0.05) is 24.2 Å². The van der Waals surface area contributed by atoms with Gasteiger partial charge in [-0.2, -0.15) is 0 Å². The minimum absolute atomic E-state index is 0.000741. The molecule has 0 spiro atoms. The van der Waals surface area contributed by atoms with Gasteiger partial charge < -0.3 is 15.0 Å². The Kier molecular flexibility index (Phi) is 3.65. The number of amides is 1. The van der Waals surface area contributed by atoms with E-state index in [1.54, 1.807) is 7.05 Å². The number of nitrogens with zero attached hydrogens (tertiary/aromatic N) is 3. The third kappa shape index (κ3) is 2.44. The van der Waals surface area contributed by atoms with Crippen LogP contribution in [0.5, 0.6) is 0 Å². The highest BCUT2D eigenvalue weighted by molar-refractivity contribution is 7.17. The molecule has 1 aromatic rings. The highest BCUT2D eigenvalue weighted by atomic mass is 32.1. The number of carbonyl (C=O) groups is 1. The van der Waals surface area contributed by atoms with Crippen LogP contribution < -0.4 is 5.32 Å². The molecule has 6 nitrogen and oxygen atoms in total. The molecule has 0 aromatic carbocycles. The van der Waals surface area contributed by atoms with Gasteiger partial charge in [0.1, 0.15) is 0 Å². The Balaban J connectivity index is 1.77. The van der Waals surface area contributed by atoms with Crippen LogP contribution in [0.2, 0.25) is 0 Å². The summed E-state index contributed by atoms with van der Waals surface area (Å²) in [5, 5.41) is 12.0. The van der Waals surface area contributed by atoms with E-state index in [0.717, 1.165) is 12.8 Å². The van der Waals surface area contributed by atoms with Gasteiger partial charge in [-0.25, -0.2) is 0 Å². The van der Waals surface area contributed by atoms with E-state index in [1.807, 2.05) is 4.90 Å². The topological polar surface area (TPSA) is 67.4 Å². The molecule has 1 aromatic heterocycles. The first-order valence-electron chi connectivity index (χ1n) is 6.73. The predicted molar refractivity (Wildman–Crippen MR) is 72.5 cm³/mol. The molecular formula is C12H18N4O2S. The van der Waals surface area contributed by atoms with Crippen LogP contribution in [0.3, 0.4) is 0 Å². The molecule has 7 heteroatoms. The number of carbonyl (C=O) groups excluding carboxylic acids is 1. The molecule has 1 saturated carbocycles. The monoisotopic (exact) mass is 282 g/mol. The molecule has 1 amide bonds. The van der Waals surface area contributed by atoms with E-state index in [9.17, 15) is 4.79 Å². The average molecular weight is 282 g/mol. The maximum absolute atomic E-state index is 12.5. The number of rotatable bonds is 2. The third-order valence-electron chi connectivity index (χ3n) is 3.81. The largest absolute Gasteiger partial charge is 0.374 e. The van der Waals surface area contributed by atoms with Gasteiger partial charge in [0.05, 0.1) is 18.8 Å². The van der Waals surface area contributed by atoms with Gasteiger partial charge in [-0.05, 0) is 12.8 Å². The quantitative estimate of drug-likeness (QED) is 0.887. The van der Waals surface area contributed by atoms with Crippen LogP contribution in [0, 0.1) is 0 Å². The molecule has 2 fully saturated rings. The molecule has 2 unspecified atom stereocenters. The van der Waals surface area contributed by atoms with E-state index >= 15 is 0 Å². The summed E-state index contributed by atoms with van der Waals surface area (Å²) < 4.78 is 5.79. The fourth-order valence-corrected chi connectivity index (χ4v) is 3.54. The van der Waals surface area contributed by atoms with Crippen molar-refractivity contribution < 1.29 is 9.53 Å². The molecule has 2 heterocycles. The summed E-state index contributed by atoms with van der Waals surface area (Å²) in [6, 6.07) is 0.219. The second-order valence-electron chi connectivity index (χ2n) is 4.92. The lowest BCUT2D eigenvalue weighted by atomic mass is 9.90. The third-order valence-corrected chi connectivity index (χ3v) is 4.74. The Morgan fingerprint density at radius 3 is 3.05 bits per heavy atom. The number of aromatic nitrogens is 2. The number of anilines is 1. The maximum atomic E-state index is 12.5.